The molecule has 0 fully saturated rings. The van der Waals surface area contributed by atoms with E-state index in [1.54, 1.807) is 0 Å². The van der Waals surface area contributed by atoms with Crippen LogP contribution in [0.25, 0.3) is 0 Å². The summed E-state index contributed by atoms with van der Waals surface area (Å²) in [5.74, 6) is 0. The first-order chi connectivity index (χ1) is 7.65. The standard InChI is InChI=1S/C13H24N2S/c1-5-11(6-2)15(4)12(9-14)13-10(3)7-8-16-13/h7-8,11-12H,5-6,9,14H2,1-4H3. The zero-order valence-corrected chi connectivity index (χ0v) is 11.7. The number of hydrogen-bond donors (Lipinski definition) is 1. The molecule has 0 aromatic carbocycles. The van der Waals surface area contributed by atoms with E-state index in [0.29, 0.717) is 18.6 Å². The second-order valence-electron chi connectivity index (χ2n) is 4.36. The molecular formula is C13H24N2S. The Balaban J connectivity index is 2.86. The molecule has 1 heterocycles. The largest absolute Gasteiger partial charge is 0.329 e. The molecule has 16 heavy (non-hydrogen) atoms. The predicted octanol–water partition coefficient (Wildman–Crippen LogP) is 3.18. The van der Waals surface area contributed by atoms with Gasteiger partial charge in [0.1, 0.15) is 0 Å². The maximum Gasteiger partial charge on any atom is 0.0566 e. The molecule has 0 saturated carbocycles. The Kier molecular flexibility index (Phi) is 5.46. The Bertz CT molecular complexity index is 305. The highest BCUT2D eigenvalue weighted by Crippen LogP contribution is 2.29. The average Bonchev–Trinajstić information content (AvgIpc) is 2.68. The van der Waals surface area contributed by atoms with E-state index in [4.69, 9.17) is 5.73 Å². The van der Waals surface area contributed by atoms with Gasteiger partial charge in [0.05, 0.1) is 6.04 Å². The van der Waals surface area contributed by atoms with Crippen molar-refractivity contribution in [1.29, 1.82) is 0 Å². The zero-order chi connectivity index (χ0) is 12.1. The molecule has 2 N–H and O–H groups in total. The predicted molar refractivity (Wildman–Crippen MR) is 73.0 cm³/mol. The van der Waals surface area contributed by atoms with Crippen LogP contribution in [0.2, 0.25) is 0 Å². The molecule has 0 bridgehead atoms. The highest BCUT2D eigenvalue weighted by atomic mass is 32.1. The fourth-order valence-electron chi connectivity index (χ4n) is 2.30. The molecular weight excluding hydrogens is 216 g/mol. The average molecular weight is 240 g/mol. The lowest BCUT2D eigenvalue weighted by atomic mass is 10.1. The Hall–Kier alpha value is -0.380. The fraction of sp³-hybridized carbons (Fsp3) is 0.692. The fourth-order valence-corrected chi connectivity index (χ4v) is 3.40. The minimum atomic E-state index is 0.380. The number of nitrogens with two attached hydrogens (primary N) is 1. The van der Waals surface area contributed by atoms with Gasteiger partial charge in [-0.15, -0.1) is 11.3 Å². The second-order valence-corrected chi connectivity index (χ2v) is 5.30. The topological polar surface area (TPSA) is 29.3 Å². The minimum absolute atomic E-state index is 0.380. The Morgan fingerprint density at radius 3 is 2.38 bits per heavy atom. The third-order valence-electron chi connectivity index (χ3n) is 3.44. The molecule has 0 aliphatic carbocycles. The van der Waals surface area contributed by atoms with Crippen molar-refractivity contribution in [2.24, 2.45) is 5.73 Å². The van der Waals surface area contributed by atoms with Crippen LogP contribution < -0.4 is 5.73 Å². The SMILES string of the molecule is CCC(CC)N(C)C(CN)c1sccc1C. The summed E-state index contributed by atoms with van der Waals surface area (Å²) in [7, 11) is 2.20. The summed E-state index contributed by atoms with van der Waals surface area (Å²) in [4.78, 5) is 3.87. The Morgan fingerprint density at radius 2 is 2.00 bits per heavy atom. The van der Waals surface area contributed by atoms with Crippen molar-refractivity contribution < 1.29 is 0 Å². The third kappa shape index (κ3) is 2.84. The lowest BCUT2D eigenvalue weighted by molar-refractivity contribution is 0.169. The normalized spacial score (nSPS) is 13.7. The molecule has 3 heteroatoms. The summed E-state index contributed by atoms with van der Waals surface area (Å²) in [6.07, 6.45) is 2.38. The lowest BCUT2D eigenvalue weighted by Gasteiger charge is -2.33. The number of rotatable bonds is 6. The van der Waals surface area contributed by atoms with Crippen molar-refractivity contribution in [3.05, 3.63) is 21.9 Å². The molecule has 0 saturated heterocycles. The van der Waals surface area contributed by atoms with Crippen molar-refractivity contribution in [2.75, 3.05) is 13.6 Å². The molecule has 0 amide bonds. The summed E-state index contributed by atoms with van der Waals surface area (Å²) in [6.45, 7) is 7.38. The number of aryl methyl sites for hydroxylation is 1. The van der Waals surface area contributed by atoms with Gasteiger partial charge in [0, 0.05) is 17.5 Å². The van der Waals surface area contributed by atoms with Gasteiger partial charge < -0.3 is 5.73 Å². The first-order valence-electron chi connectivity index (χ1n) is 6.11. The molecule has 0 radical (unpaired) electrons. The molecule has 1 rings (SSSR count). The van der Waals surface area contributed by atoms with Gasteiger partial charge in [0.15, 0.2) is 0 Å². The van der Waals surface area contributed by atoms with Crippen LogP contribution in [0.5, 0.6) is 0 Å². The van der Waals surface area contributed by atoms with E-state index >= 15 is 0 Å². The van der Waals surface area contributed by atoms with Crippen molar-refractivity contribution in [3.8, 4) is 0 Å². The summed E-state index contributed by atoms with van der Waals surface area (Å²) in [5.41, 5.74) is 7.32. The summed E-state index contributed by atoms with van der Waals surface area (Å²) in [6, 6.07) is 3.20. The molecule has 92 valence electrons. The van der Waals surface area contributed by atoms with Gasteiger partial charge in [-0.05, 0) is 43.8 Å². The van der Waals surface area contributed by atoms with Crippen LogP contribution >= 0.6 is 11.3 Å². The van der Waals surface area contributed by atoms with Gasteiger partial charge in [-0.1, -0.05) is 13.8 Å². The molecule has 0 aliphatic rings. The molecule has 1 atom stereocenters. The number of thiophene rings is 1. The van der Waals surface area contributed by atoms with Crippen molar-refractivity contribution in [3.63, 3.8) is 0 Å². The summed E-state index contributed by atoms with van der Waals surface area (Å²) < 4.78 is 0. The van der Waals surface area contributed by atoms with Crippen LogP contribution in [-0.2, 0) is 0 Å². The Morgan fingerprint density at radius 1 is 1.38 bits per heavy atom. The van der Waals surface area contributed by atoms with Crippen LogP contribution in [0.15, 0.2) is 11.4 Å². The highest BCUT2D eigenvalue weighted by molar-refractivity contribution is 7.10. The highest BCUT2D eigenvalue weighted by Gasteiger charge is 2.22. The van der Waals surface area contributed by atoms with E-state index < -0.39 is 0 Å². The van der Waals surface area contributed by atoms with Crippen LogP contribution in [0.1, 0.15) is 43.2 Å². The first-order valence-corrected chi connectivity index (χ1v) is 6.99. The maximum absolute atomic E-state index is 5.95. The molecule has 0 spiro atoms. The van der Waals surface area contributed by atoms with E-state index in [1.165, 1.54) is 23.3 Å². The van der Waals surface area contributed by atoms with Gasteiger partial charge in [0.2, 0.25) is 0 Å². The number of hydrogen-bond acceptors (Lipinski definition) is 3. The third-order valence-corrected chi connectivity index (χ3v) is 4.56. The van der Waals surface area contributed by atoms with Gasteiger partial charge in [-0.25, -0.2) is 0 Å². The van der Waals surface area contributed by atoms with Gasteiger partial charge in [-0.3, -0.25) is 4.90 Å². The van der Waals surface area contributed by atoms with E-state index in [2.05, 4.69) is 44.2 Å². The first kappa shape index (κ1) is 13.7. The van der Waals surface area contributed by atoms with Crippen LogP contribution in [0, 0.1) is 6.92 Å². The number of likely N-dealkylation sites (N-methyl/N-ethyl adjacent to an activating group) is 1. The molecule has 1 aromatic heterocycles. The molecule has 0 aliphatic heterocycles. The summed E-state index contributed by atoms with van der Waals surface area (Å²) >= 11 is 1.83. The quantitative estimate of drug-likeness (QED) is 0.827. The minimum Gasteiger partial charge on any atom is -0.329 e. The lowest BCUT2D eigenvalue weighted by Crippen LogP contribution is -2.37. The van der Waals surface area contributed by atoms with E-state index in [-0.39, 0.29) is 0 Å². The van der Waals surface area contributed by atoms with Crippen LogP contribution in [-0.4, -0.2) is 24.5 Å². The molecule has 2 nitrogen and oxygen atoms in total. The molecule has 1 aromatic rings. The van der Waals surface area contributed by atoms with Gasteiger partial charge in [-0.2, -0.15) is 0 Å². The summed E-state index contributed by atoms with van der Waals surface area (Å²) in [5, 5.41) is 2.16. The monoisotopic (exact) mass is 240 g/mol. The van der Waals surface area contributed by atoms with Crippen molar-refractivity contribution in [2.45, 2.75) is 45.7 Å². The van der Waals surface area contributed by atoms with Crippen LogP contribution in [0.3, 0.4) is 0 Å². The van der Waals surface area contributed by atoms with E-state index in [0.717, 1.165) is 0 Å². The van der Waals surface area contributed by atoms with Crippen LogP contribution in [0.4, 0.5) is 0 Å². The smallest absolute Gasteiger partial charge is 0.0566 e. The Labute approximate surface area is 103 Å². The zero-order valence-electron chi connectivity index (χ0n) is 10.9. The van der Waals surface area contributed by atoms with Gasteiger partial charge >= 0.3 is 0 Å². The van der Waals surface area contributed by atoms with Crippen molar-refractivity contribution in [1.82, 2.24) is 4.90 Å². The van der Waals surface area contributed by atoms with Crippen molar-refractivity contribution >= 4 is 11.3 Å². The van der Waals surface area contributed by atoms with E-state index in [1.807, 2.05) is 11.3 Å². The van der Waals surface area contributed by atoms with Gasteiger partial charge in [0.25, 0.3) is 0 Å². The maximum atomic E-state index is 5.95. The molecule has 1 unspecified atom stereocenters. The van der Waals surface area contributed by atoms with E-state index in [9.17, 15) is 0 Å². The second kappa shape index (κ2) is 6.38. The number of nitrogens with zero attached hydrogens (tertiary/aromatic N) is 1.